The van der Waals surface area contributed by atoms with Crippen molar-refractivity contribution in [2.24, 2.45) is 17.4 Å². The molecule has 5 nitrogen and oxygen atoms in total. The predicted molar refractivity (Wildman–Crippen MR) is 73.8 cm³/mol. The van der Waals surface area contributed by atoms with Gasteiger partial charge in [-0.15, -0.1) is 0 Å². The lowest BCUT2D eigenvalue weighted by Gasteiger charge is -2.24. The summed E-state index contributed by atoms with van der Waals surface area (Å²) in [7, 11) is 0. The maximum absolute atomic E-state index is 11.6. The average Bonchev–Trinajstić information content (AvgIpc) is 2.88. The summed E-state index contributed by atoms with van der Waals surface area (Å²) >= 11 is 0. The lowest BCUT2D eigenvalue weighted by molar-refractivity contribution is 0.1000. The smallest absolute Gasteiger partial charge is 0.319 e. The average molecular weight is 261 g/mol. The number of nitrogens with zero attached hydrogens (tertiary/aromatic N) is 1. The number of carbonyl (C=O) groups excluding carboxylic acids is 2. The van der Waals surface area contributed by atoms with Crippen LogP contribution in [0.3, 0.4) is 0 Å². The molecule has 0 atom stereocenters. The molecule has 1 saturated carbocycles. The normalized spacial score (nSPS) is 15.4. The molecule has 4 N–H and O–H groups in total. The van der Waals surface area contributed by atoms with Crippen LogP contribution in [0.1, 0.15) is 36.0 Å². The fourth-order valence-corrected chi connectivity index (χ4v) is 2.60. The van der Waals surface area contributed by atoms with Crippen molar-refractivity contribution in [3.8, 4) is 0 Å². The number of hydrogen-bond acceptors (Lipinski definition) is 2. The maximum atomic E-state index is 11.6. The second kappa shape index (κ2) is 5.73. The van der Waals surface area contributed by atoms with E-state index in [0.29, 0.717) is 23.7 Å². The van der Waals surface area contributed by atoms with Crippen molar-refractivity contribution >= 4 is 17.6 Å². The third-order valence-corrected chi connectivity index (χ3v) is 3.62. The summed E-state index contributed by atoms with van der Waals surface area (Å²) in [4.78, 5) is 24.3. The van der Waals surface area contributed by atoms with Crippen LogP contribution in [0.25, 0.3) is 0 Å². The Bertz CT molecular complexity index is 481. The monoisotopic (exact) mass is 261 g/mol. The molecule has 0 heterocycles. The molecule has 0 aliphatic heterocycles. The Hall–Kier alpha value is -2.04. The second-order valence-corrected chi connectivity index (χ2v) is 5.01. The molecule has 1 aliphatic rings. The fraction of sp³-hybridized carbons (Fsp3) is 0.429. The van der Waals surface area contributed by atoms with E-state index in [1.807, 2.05) is 0 Å². The highest BCUT2D eigenvalue weighted by Gasteiger charge is 2.22. The topological polar surface area (TPSA) is 89.4 Å². The van der Waals surface area contributed by atoms with E-state index in [9.17, 15) is 9.59 Å². The predicted octanol–water partition coefficient (Wildman–Crippen LogP) is 1.86. The van der Waals surface area contributed by atoms with Gasteiger partial charge >= 0.3 is 6.03 Å². The van der Waals surface area contributed by atoms with E-state index in [4.69, 9.17) is 11.5 Å². The van der Waals surface area contributed by atoms with Crippen LogP contribution in [0.5, 0.6) is 0 Å². The Kier molecular flexibility index (Phi) is 4.04. The van der Waals surface area contributed by atoms with Crippen LogP contribution in [-0.4, -0.2) is 18.5 Å². The Balaban J connectivity index is 2.20. The molecule has 1 aromatic rings. The summed E-state index contributed by atoms with van der Waals surface area (Å²) in [6.45, 7) is 0.609. The van der Waals surface area contributed by atoms with E-state index in [-0.39, 0.29) is 0 Å². The molecule has 0 spiro atoms. The van der Waals surface area contributed by atoms with Gasteiger partial charge < -0.3 is 11.5 Å². The molecule has 3 amide bonds. The standard InChI is InChI=1S/C14H19N3O2/c15-13(18)11-6-3-7-12(8-11)17(14(16)19)9-10-4-1-2-5-10/h3,6-8,10H,1-2,4-5,9H2,(H2,15,18)(H2,16,19). The van der Waals surface area contributed by atoms with E-state index in [1.54, 1.807) is 24.3 Å². The quantitative estimate of drug-likeness (QED) is 0.866. The molecular weight excluding hydrogens is 242 g/mol. The van der Waals surface area contributed by atoms with Gasteiger partial charge in [-0.05, 0) is 37.0 Å². The van der Waals surface area contributed by atoms with Gasteiger partial charge in [0.1, 0.15) is 0 Å². The fourth-order valence-electron chi connectivity index (χ4n) is 2.60. The van der Waals surface area contributed by atoms with Crippen LogP contribution in [0.4, 0.5) is 10.5 Å². The first-order valence-electron chi connectivity index (χ1n) is 6.55. The van der Waals surface area contributed by atoms with E-state index in [2.05, 4.69) is 0 Å². The highest BCUT2D eigenvalue weighted by Crippen LogP contribution is 2.27. The van der Waals surface area contributed by atoms with E-state index in [0.717, 1.165) is 12.8 Å². The lowest BCUT2D eigenvalue weighted by atomic mass is 10.1. The Labute approximate surface area is 112 Å². The van der Waals surface area contributed by atoms with Crippen molar-refractivity contribution in [2.75, 3.05) is 11.4 Å². The number of nitrogens with two attached hydrogens (primary N) is 2. The van der Waals surface area contributed by atoms with Gasteiger partial charge in [-0.1, -0.05) is 18.9 Å². The van der Waals surface area contributed by atoms with Gasteiger partial charge in [0.2, 0.25) is 5.91 Å². The van der Waals surface area contributed by atoms with Gasteiger partial charge in [-0.2, -0.15) is 0 Å². The van der Waals surface area contributed by atoms with Crippen molar-refractivity contribution in [2.45, 2.75) is 25.7 Å². The van der Waals surface area contributed by atoms with Crippen molar-refractivity contribution in [3.05, 3.63) is 29.8 Å². The summed E-state index contributed by atoms with van der Waals surface area (Å²) in [6, 6.07) is 6.22. The highest BCUT2D eigenvalue weighted by molar-refractivity contribution is 5.96. The third kappa shape index (κ3) is 3.24. The van der Waals surface area contributed by atoms with Gasteiger partial charge in [0.25, 0.3) is 0 Å². The first kappa shape index (κ1) is 13.4. The number of urea groups is 1. The first-order chi connectivity index (χ1) is 9.08. The third-order valence-electron chi connectivity index (χ3n) is 3.62. The first-order valence-corrected chi connectivity index (χ1v) is 6.55. The zero-order valence-corrected chi connectivity index (χ0v) is 10.8. The summed E-state index contributed by atoms with van der Waals surface area (Å²) < 4.78 is 0. The van der Waals surface area contributed by atoms with Crippen molar-refractivity contribution in [3.63, 3.8) is 0 Å². The highest BCUT2D eigenvalue weighted by atomic mass is 16.2. The van der Waals surface area contributed by atoms with Gasteiger partial charge in [0, 0.05) is 17.8 Å². The van der Waals surface area contributed by atoms with Gasteiger partial charge in [0.05, 0.1) is 0 Å². The molecule has 5 heteroatoms. The van der Waals surface area contributed by atoms with Crippen LogP contribution < -0.4 is 16.4 Å². The zero-order valence-electron chi connectivity index (χ0n) is 10.8. The molecule has 19 heavy (non-hydrogen) atoms. The Morgan fingerprint density at radius 1 is 1.21 bits per heavy atom. The van der Waals surface area contributed by atoms with E-state index < -0.39 is 11.9 Å². The minimum Gasteiger partial charge on any atom is -0.366 e. The molecule has 0 bridgehead atoms. The molecule has 102 valence electrons. The van der Waals surface area contributed by atoms with Crippen LogP contribution >= 0.6 is 0 Å². The molecule has 1 fully saturated rings. The number of hydrogen-bond donors (Lipinski definition) is 2. The maximum Gasteiger partial charge on any atom is 0.319 e. The minimum absolute atomic E-state index is 0.384. The van der Waals surface area contributed by atoms with Crippen molar-refractivity contribution in [1.82, 2.24) is 0 Å². The number of amides is 3. The number of anilines is 1. The molecule has 2 rings (SSSR count). The molecule has 0 unspecified atom stereocenters. The van der Waals surface area contributed by atoms with Crippen LogP contribution in [-0.2, 0) is 0 Å². The van der Waals surface area contributed by atoms with Crippen LogP contribution in [0.15, 0.2) is 24.3 Å². The van der Waals surface area contributed by atoms with Crippen LogP contribution in [0, 0.1) is 5.92 Å². The second-order valence-electron chi connectivity index (χ2n) is 5.01. The Morgan fingerprint density at radius 3 is 2.47 bits per heavy atom. The van der Waals surface area contributed by atoms with Gasteiger partial charge in [-0.25, -0.2) is 4.79 Å². The summed E-state index contributed by atoms with van der Waals surface area (Å²) in [5.74, 6) is -0.0168. The molecule has 1 aromatic carbocycles. The van der Waals surface area contributed by atoms with Crippen molar-refractivity contribution < 1.29 is 9.59 Å². The molecule has 1 aliphatic carbocycles. The zero-order chi connectivity index (χ0) is 13.8. The van der Waals surface area contributed by atoms with Crippen molar-refractivity contribution in [1.29, 1.82) is 0 Å². The summed E-state index contributed by atoms with van der Waals surface area (Å²) in [6.07, 6.45) is 4.66. The van der Waals surface area contributed by atoms with Gasteiger partial charge in [-0.3, -0.25) is 9.69 Å². The number of rotatable bonds is 4. The lowest BCUT2D eigenvalue weighted by Crippen LogP contribution is -2.39. The molecule has 0 saturated heterocycles. The number of carbonyl (C=O) groups is 2. The van der Waals surface area contributed by atoms with Crippen LogP contribution in [0.2, 0.25) is 0 Å². The number of primary amides is 2. The van der Waals surface area contributed by atoms with Gasteiger partial charge in [0.15, 0.2) is 0 Å². The minimum atomic E-state index is -0.507. The molecular formula is C14H19N3O2. The molecule has 0 aromatic heterocycles. The SMILES string of the molecule is NC(=O)c1cccc(N(CC2CCCC2)C(N)=O)c1. The largest absolute Gasteiger partial charge is 0.366 e. The summed E-state index contributed by atoms with van der Waals surface area (Å²) in [5.41, 5.74) is 11.7. The Morgan fingerprint density at radius 2 is 1.89 bits per heavy atom. The number of benzene rings is 1. The molecule has 0 radical (unpaired) electrons. The summed E-state index contributed by atoms with van der Waals surface area (Å²) in [5, 5.41) is 0. The van der Waals surface area contributed by atoms with E-state index in [1.165, 1.54) is 17.7 Å². The van der Waals surface area contributed by atoms with E-state index >= 15 is 0 Å².